The topological polar surface area (TPSA) is 113 Å². The van der Waals surface area contributed by atoms with Crippen molar-refractivity contribution in [3.63, 3.8) is 0 Å². The molecule has 1 aliphatic carbocycles. The van der Waals surface area contributed by atoms with Gasteiger partial charge in [0.25, 0.3) is 0 Å². The molecule has 2 N–H and O–H groups in total. The first-order valence-corrected chi connectivity index (χ1v) is 13.1. The Labute approximate surface area is 229 Å². The van der Waals surface area contributed by atoms with E-state index >= 15 is 0 Å². The molecule has 1 aromatic heterocycles. The molecule has 4 aromatic rings. The van der Waals surface area contributed by atoms with Crippen LogP contribution in [0.4, 0.5) is 11.4 Å². The summed E-state index contributed by atoms with van der Waals surface area (Å²) in [5.41, 5.74) is 5.16. The summed E-state index contributed by atoms with van der Waals surface area (Å²) in [5, 5.41) is 24.4. The summed E-state index contributed by atoms with van der Waals surface area (Å²) in [6, 6.07) is 15.3. The van der Waals surface area contributed by atoms with Crippen LogP contribution in [0.1, 0.15) is 58.0 Å². The minimum absolute atomic E-state index is 0.142. The van der Waals surface area contributed by atoms with Gasteiger partial charge in [0.15, 0.2) is 0 Å². The van der Waals surface area contributed by atoms with Gasteiger partial charge in [-0.1, -0.05) is 28.9 Å². The number of anilines is 2. The molecular formula is C30H25ClN2O6. The number of nitrogens with zero attached hydrogens (tertiary/aromatic N) is 2. The van der Waals surface area contributed by atoms with Gasteiger partial charge < -0.3 is 19.5 Å². The average Bonchev–Trinajstić information content (AvgIpc) is 3.67. The Morgan fingerprint density at radius 1 is 1.15 bits per heavy atom. The Morgan fingerprint density at radius 3 is 2.69 bits per heavy atom. The molecular weight excluding hydrogens is 520 g/mol. The summed E-state index contributed by atoms with van der Waals surface area (Å²) in [4.78, 5) is 25.6. The van der Waals surface area contributed by atoms with Crippen molar-refractivity contribution in [2.24, 2.45) is 0 Å². The first-order valence-electron chi connectivity index (χ1n) is 12.7. The van der Waals surface area contributed by atoms with Crippen LogP contribution in [0.5, 0.6) is 11.5 Å². The van der Waals surface area contributed by atoms with Crippen molar-refractivity contribution >= 4 is 34.9 Å². The fourth-order valence-corrected chi connectivity index (χ4v) is 5.40. The van der Waals surface area contributed by atoms with E-state index in [0.29, 0.717) is 40.2 Å². The van der Waals surface area contributed by atoms with E-state index in [1.165, 1.54) is 23.1 Å². The van der Waals surface area contributed by atoms with Crippen LogP contribution in [0.15, 0.2) is 59.1 Å². The van der Waals surface area contributed by atoms with E-state index in [1.54, 1.807) is 12.1 Å². The largest absolute Gasteiger partial charge is 0.507 e. The van der Waals surface area contributed by atoms with Crippen LogP contribution in [0.2, 0.25) is 5.02 Å². The molecule has 39 heavy (non-hydrogen) atoms. The van der Waals surface area contributed by atoms with Crippen molar-refractivity contribution in [1.82, 2.24) is 5.16 Å². The lowest BCUT2D eigenvalue weighted by atomic mass is 9.99. The number of halogens is 1. The van der Waals surface area contributed by atoms with Gasteiger partial charge in [-0.05, 0) is 73.7 Å². The number of carbonyl (C=O) groups is 2. The van der Waals surface area contributed by atoms with Crippen molar-refractivity contribution in [3.8, 4) is 22.8 Å². The Bertz CT molecular complexity index is 1600. The second-order valence-electron chi connectivity index (χ2n) is 9.89. The van der Waals surface area contributed by atoms with Crippen molar-refractivity contribution in [2.45, 2.75) is 45.1 Å². The number of ether oxygens (including phenoxy) is 1. The number of carboxylic acids is 1. The van der Waals surface area contributed by atoms with Crippen LogP contribution in [0.3, 0.4) is 0 Å². The van der Waals surface area contributed by atoms with Crippen molar-refractivity contribution in [2.75, 3.05) is 4.90 Å². The molecule has 9 heteroatoms. The molecule has 0 saturated heterocycles. The predicted octanol–water partition coefficient (Wildman–Crippen LogP) is 6.77. The van der Waals surface area contributed by atoms with Crippen molar-refractivity contribution in [1.29, 1.82) is 0 Å². The summed E-state index contributed by atoms with van der Waals surface area (Å²) < 4.78 is 12.0. The van der Waals surface area contributed by atoms with E-state index in [1.807, 2.05) is 31.2 Å². The number of benzene rings is 3. The number of amides is 1. The second kappa shape index (κ2) is 9.78. The quantitative estimate of drug-likeness (QED) is 0.264. The number of hydrogen-bond acceptors (Lipinski definition) is 6. The number of aromatic nitrogens is 1. The zero-order chi connectivity index (χ0) is 27.3. The maximum atomic E-state index is 12.9. The van der Waals surface area contributed by atoms with E-state index < -0.39 is 11.7 Å². The van der Waals surface area contributed by atoms with Crippen LogP contribution in [0, 0.1) is 6.92 Å². The van der Waals surface area contributed by atoms with Crippen LogP contribution in [-0.2, 0) is 17.8 Å². The summed E-state index contributed by atoms with van der Waals surface area (Å²) in [6.07, 6.45) is 2.90. The van der Waals surface area contributed by atoms with Gasteiger partial charge in [-0.25, -0.2) is 4.79 Å². The van der Waals surface area contributed by atoms with Crippen molar-refractivity contribution in [3.05, 3.63) is 87.6 Å². The minimum Gasteiger partial charge on any atom is -0.507 e. The third kappa shape index (κ3) is 4.61. The Morgan fingerprint density at radius 2 is 1.97 bits per heavy atom. The summed E-state index contributed by atoms with van der Waals surface area (Å²) in [5.74, 6) is 0.0264. The summed E-state index contributed by atoms with van der Waals surface area (Å²) in [6.45, 7) is 2.24. The van der Waals surface area contributed by atoms with Gasteiger partial charge in [0.1, 0.15) is 35.1 Å². The molecule has 1 saturated carbocycles. The number of rotatable bonds is 7. The monoisotopic (exact) mass is 544 g/mol. The number of aromatic carboxylic acids is 1. The molecule has 8 nitrogen and oxygen atoms in total. The van der Waals surface area contributed by atoms with Crippen molar-refractivity contribution < 1.29 is 29.1 Å². The fourth-order valence-electron chi connectivity index (χ4n) is 5.09. The first kappa shape index (κ1) is 25.0. The Kier molecular flexibility index (Phi) is 6.27. The van der Waals surface area contributed by atoms with Gasteiger partial charge in [0.05, 0.1) is 22.0 Å². The number of carboxylic acid groups (broad SMARTS) is 1. The molecule has 0 radical (unpaired) electrons. The van der Waals surface area contributed by atoms with E-state index in [0.717, 1.165) is 40.9 Å². The predicted molar refractivity (Wildman–Crippen MR) is 145 cm³/mol. The van der Waals surface area contributed by atoms with Crippen LogP contribution < -0.4 is 9.64 Å². The molecule has 0 atom stereocenters. The molecule has 6 rings (SSSR count). The number of fused-ring (bicyclic) bond motifs is 1. The van der Waals surface area contributed by atoms with Gasteiger partial charge >= 0.3 is 5.97 Å². The third-order valence-corrected chi connectivity index (χ3v) is 7.54. The van der Waals surface area contributed by atoms with Gasteiger partial charge in [0, 0.05) is 24.0 Å². The standard InChI is InChI=1S/C30H25ClN2O6/c1-16-3-2-4-23(31)27(16)28-22(29(39-32-28)17-5-6-17)15-38-20-9-11-24-18(13-20)7-12-26(35)33(24)19-8-10-21(30(36)37)25(34)14-19/h2-4,8-11,13-14,17,34H,5-7,12,15H2,1H3,(H,36,37). The SMILES string of the molecule is Cc1cccc(Cl)c1-c1noc(C2CC2)c1COc1ccc2c(c1)CCC(=O)N2c1ccc(C(=O)O)c(O)c1. The minimum atomic E-state index is -1.24. The highest BCUT2D eigenvalue weighted by Gasteiger charge is 2.34. The van der Waals surface area contributed by atoms with Crippen LogP contribution >= 0.6 is 11.6 Å². The summed E-state index contributed by atoms with van der Waals surface area (Å²) in [7, 11) is 0. The first-order chi connectivity index (χ1) is 18.8. The lowest BCUT2D eigenvalue weighted by Gasteiger charge is -2.30. The molecule has 0 bridgehead atoms. The molecule has 3 aromatic carbocycles. The maximum Gasteiger partial charge on any atom is 0.339 e. The molecule has 1 amide bonds. The van der Waals surface area contributed by atoms with Crippen LogP contribution in [0.25, 0.3) is 11.3 Å². The number of aromatic hydroxyl groups is 1. The fraction of sp³-hybridized carbons (Fsp3) is 0.233. The number of phenols is 1. The van der Waals surface area contributed by atoms with Gasteiger partial charge in [-0.2, -0.15) is 0 Å². The highest BCUT2D eigenvalue weighted by molar-refractivity contribution is 6.33. The van der Waals surface area contributed by atoms with E-state index in [-0.39, 0.29) is 24.5 Å². The lowest BCUT2D eigenvalue weighted by Crippen LogP contribution is -2.30. The molecule has 1 fully saturated rings. The van der Waals surface area contributed by atoms with E-state index in [9.17, 15) is 19.8 Å². The lowest BCUT2D eigenvalue weighted by molar-refractivity contribution is -0.118. The zero-order valence-electron chi connectivity index (χ0n) is 21.1. The molecule has 2 heterocycles. The van der Waals surface area contributed by atoms with Gasteiger partial charge in [-0.15, -0.1) is 0 Å². The zero-order valence-corrected chi connectivity index (χ0v) is 21.9. The van der Waals surface area contributed by atoms with Crippen LogP contribution in [-0.4, -0.2) is 27.2 Å². The molecule has 1 aliphatic heterocycles. The number of aryl methyl sites for hydroxylation is 2. The van der Waals surface area contributed by atoms with Gasteiger partial charge in [0.2, 0.25) is 5.91 Å². The number of hydrogen-bond donors (Lipinski definition) is 2. The Balaban J connectivity index is 1.29. The third-order valence-electron chi connectivity index (χ3n) is 7.23. The highest BCUT2D eigenvalue weighted by Crippen LogP contribution is 2.46. The summed E-state index contributed by atoms with van der Waals surface area (Å²) >= 11 is 6.55. The average molecular weight is 545 g/mol. The number of carbonyl (C=O) groups excluding carboxylic acids is 1. The van der Waals surface area contributed by atoms with Gasteiger partial charge in [-0.3, -0.25) is 9.69 Å². The highest BCUT2D eigenvalue weighted by atomic mass is 35.5. The Hall–Kier alpha value is -4.30. The maximum absolute atomic E-state index is 12.9. The molecule has 2 aliphatic rings. The van der Waals surface area contributed by atoms with E-state index in [2.05, 4.69) is 5.16 Å². The molecule has 0 spiro atoms. The van der Waals surface area contributed by atoms with E-state index in [4.69, 9.17) is 20.9 Å². The smallest absolute Gasteiger partial charge is 0.339 e. The normalized spacial score (nSPS) is 14.8. The second-order valence-corrected chi connectivity index (χ2v) is 10.3. The molecule has 0 unspecified atom stereocenters. The molecule has 198 valence electrons.